The molecule has 34 heavy (non-hydrogen) atoms. The molecule has 2 amide bonds. The Labute approximate surface area is 201 Å². The number of amides is 2. The number of nitrogens with zero attached hydrogens (tertiary/aromatic N) is 3. The molecule has 2 aliphatic rings. The molecule has 180 valence electrons. The van der Waals surface area contributed by atoms with Gasteiger partial charge in [-0.3, -0.25) is 14.4 Å². The fourth-order valence-electron chi connectivity index (χ4n) is 4.75. The topological polar surface area (TPSA) is 70.2 Å². The van der Waals surface area contributed by atoms with E-state index in [4.69, 9.17) is 4.74 Å². The van der Waals surface area contributed by atoms with Crippen molar-refractivity contribution in [2.45, 2.75) is 32.7 Å². The molecule has 1 saturated heterocycles. The van der Waals surface area contributed by atoms with E-state index in [1.54, 1.807) is 18.9 Å². The van der Waals surface area contributed by atoms with E-state index in [2.05, 4.69) is 29.2 Å². The maximum Gasteiger partial charge on any atom is 0.309 e. The van der Waals surface area contributed by atoms with Crippen LogP contribution in [0.5, 0.6) is 0 Å². The summed E-state index contributed by atoms with van der Waals surface area (Å²) in [6.07, 6.45) is 2.22. The van der Waals surface area contributed by atoms with Gasteiger partial charge in [0.25, 0.3) is 5.91 Å². The number of hydrogen-bond acceptors (Lipinski definition) is 5. The standard InChI is InChI=1S/C27H33N3O4/c1-3-34-27(33)22-13-15-29(16-14-22)25(31)19-28(2)26(32)21-8-10-24(11-9-21)30-17-12-20-6-4-5-7-23(20)18-30/h4-11,22H,3,12-19H2,1-2H3. The van der Waals surface area contributed by atoms with Gasteiger partial charge in [0.15, 0.2) is 0 Å². The third-order valence-electron chi connectivity index (χ3n) is 6.80. The summed E-state index contributed by atoms with van der Waals surface area (Å²) in [7, 11) is 1.65. The van der Waals surface area contributed by atoms with Gasteiger partial charge in [-0.2, -0.15) is 0 Å². The maximum absolute atomic E-state index is 12.9. The molecule has 7 nitrogen and oxygen atoms in total. The zero-order valence-corrected chi connectivity index (χ0v) is 20.0. The first-order valence-corrected chi connectivity index (χ1v) is 12.1. The van der Waals surface area contributed by atoms with Crippen LogP contribution in [0.25, 0.3) is 0 Å². The minimum atomic E-state index is -0.181. The summed E-state index contributed by atoms with van der Waals surface area (Å²) < 4.78 is 5.09. The minimum absolute atomic E-state index is 0.0214. The van der Waals surface area contributed by atoms with Gasteiger partial charge in [-0.15, -0.1) is 0 Å². The SMILES string of the molecule is CCOC(=O)C1CCN(C(=O)CN(C)C(=O)c2ccc(N3CCc4ccccc4C3)cc2)CC1. The maximum atomic E-state index is 12.9. The van der Waals surface area contributed by atoms with E-state index in [1.807, 2.05) is 24.3 Å². The molecule has 1 fully saturated rings. The molecule has 7 heteroatoms. The zero-order chi connectivity index (χ0) is 24.1. The number of esters is 1. The largest absolute Gasteiger partial charge is 0.466 e. The van der Waals surface area contributed by atoms with Gasteiger partial charge < -0.3 is 19.4 Å². The molecule has 2 heterocycles. The quantitative estimate of drug-likeness (QED) is 0.616. The van der Waals surface area contributed by atoms with Crippen molar-refractivity contribution in [1.82, 2.24) is 9.80 Å². The monoisotopic (exact) mass is 463 g/mol. The second kappa shape index (κ2) is 10.7. The lowest BCUT2D eigenvalue weighted by molar-refractivity contribution is -0.151. The number of ether oxygens (including phenoxy) is 1. The molecule has 0 aliphatic carbocycles. The predicted molar refractivity (Wildman–Crippen MR) is 131 cm³/mol. The van der Waals surface area contributed by atoms with Crippen LogP contribution in [-0.4, -0.2) is 67.4 Å². The summed E-state index contributed by atoms with van der Waals surface area (Å²) in [4.78, 5) is 43.0. The van der Waals surface area contributed by atoms with Gasteiger partial charge in [-0.05, 0) is 61.6 Å². The third-order valence-corrected chi connectivity index (χ3v) is 6.80. The van der Waals surface area contributed by atoms with Crippen LogP contribution >= 0.6 is 0 Å². The van der Waals surface area contributed by atoms with Crippen molar-refractivity contribution >= 4 is 23.5 Å². The molecule has 0 aromatic heterocycles. The predicted octanol–water partition coefficient (Wildman–Crippen LogP) is 3.12. The Bertz CT molecular complexity index is 1030. The van der Waals surface area contributed by atoms with E-state index < -0.39 is 0 Å². The fraction of sp³-hybridized carbons (Fsp3) is 0.444. The number of carbonyl (C=O) groups excluding carboxylic acids is 3. The number of rotatable bonds is 6. The number of anilines is 1. The Hall–Kier alpha value is -3.35. The van der Waals surface area contributed by atoms with Crippen molar-refractivity contribution in [1.29, 1.82) is 0 Å². The highest BCUT2D eigenvalue weighted by atomic mass is 16.5. The Morgan fingerprint density at radius 3 is 2.32 bits per heavy atom. The van der Waals surface area contributed by atoms with Crippen molar-refractivity contribution in [3.05, 3.63) is 65.2 Å². The number of carbonyl (C=O) groups is 3. The second-order valence-electron chi connectivity index (χ2n) is 9.06. The van der Waals surface area contributed by atoms with Gasteiger partial charge in [0.05, 0.1) is 19.1 Å². The van der Waals surface area contributed by atoms with Gasteiger partial charge in [0.1, 0.15) is 0 Å². The molecular weight excluding hydrogens is 430 g/mol. The van der Waals surface area contributed by atoms with Crippen LogP contribution in [0.4, 0.5) is 5.69 Å². The number of fused-ring (bicyclic) bond motifs is 1. The molecule has 0 unspecified atom stereocenters. The molecule has 0 spiro atoms. The van der Waals surface area contributed by atoms with Crippen molar-refractivity contribution in [2.24, 2.45) is 5.92 Å². The normalized spacial score (nSPS) is 16.1. The number of benzene rings is 2. The first-order valence-electron chi connectivity index (χ1n) is 12.1. The highest BCUT2D eigenvalue weighted by Gasteiger charge is 2.29. The summed E-state index contributed by atoms with van der Waals surface area (Å²) in [5, 5.41) is 0. The van der Waals surface area contributed by atoms with E-state index in [9.17, 15) is 14.4 Å². The molecule has 4 rings (SSSR count). The van der Waals surface area contributed by atoms with Crippen LogP contribution in [0.2, 0.25) is 0 Å². The van der Waals surface area contributed by atoms with E-state index >= 15 is 0 Å². The van der Waals surface area contributed by atoms with Crippen LogP contribution < -0.4 is 4.90 Å². The molecular formula is C27H33N3O4. The summed E-state index contributed by atoms with van der Waals surface area (Å²) in [5.41, 5.74) is 4.41. The zero-order valence-electron chi connectivity index (χ0n) is 20.0. The van der Waals surface area contributed by atoms with Crippen molar-refractivity contribution in [3.8, 4) is 0 Å². The van der Waals surface area contributed by atoms with Gasteiger partial charge in [0.2, 0.25) is 5.91 Å². The lowest BCUT2D eigenvalue weighted by Gasteiger charge is -2.32. The number of likely N-dealkylation sites (tertiary alicyclic amines) is 1. The van der Waals surface area contributed by atoms with E-state index in [0.717, 1.165) is 25.2 Å². The molecule has 0 bridgehead atoms. The van der Waals surface area contributed by atoms with Gasteiger partial charge >= 0.3 is 5.97 Å². The Kier molecular flexibility index (Phi) is 7.50. The summed E-state index contributed by atoms with van der Waals surface area (Å²) in [6.45, 7) is 5.03. The van der Waals surface area contributed by atoms with E-state index in [0.29, 0.717) is 38.1 Å². The molecule has 0 N–H and O–H groups in total. The van der Waals surface area contributed by atoms with Crippen LogP contribution in [0.3, 0.4) is 0 Å². The molecule has 0 atom stereocenters. The molecule has 2 aromatic carbocycles. The minimum Gasteiger partial charge on any atom is -0.466 e. The Morgan fingerprint density at radius 2 is 1.65 bits per heavy atom. The Morgan fingerprint density at radius 1 is 0.971 bits per heavy atom. The first kappa shape index (κ1) is 23.8. The lowest BCUT2D eigenvalue weighted by Crippen LogP contribution is -2.45. The first-order chi connectivity index (χ1) is 16.5. The Balaban J connectivity index is 1.29. The van der Waals surface area contributed by atoms with Crippen molar-refractivity contribution in [2.75, 3.05) is 44.7 Å². The summed E-state index contributed by atoms with van der Waals surface area (Å²) >= 11 is 0. The second-order valence-corrected chi connectivity index (χ2v) is 9.06. The third kappa shape index (κ3) is 5.41. The van der Waals surface area contributed by atoms with Crippen molar-refractivity contribution < 1.29 is 19.1 Å². The van der Waals surface area contributed by atoms with Crippen LogP contribution in [0, 0.1) is 5.92 Å². The fourth-order valence-corrected chi connectivity index (χ4v) is 4.75. The summed E-state index contributed by atoms with van der Waals surface area (Å²) in [6, 6.07) is 16.2. The number of piperidine rings is 1. The smallest absolute Gasteiger partial charge is 0.309 e. The number of hydrogen-bond donors (Lipinski definition) is 0. The van der Waals surface area contributed by atoms with E-state index in [1.165, 1.54) is 16.0 Å². The molecule has 0 saturated carbocycles. The van der Waals surface area contributed by atoms with Crippen LogP contribution in [0.15, 0.2) is 48.5 Å². The number of likely N-dealkylation sites (N-methyl/N-ethyl adjacent to an activating group) is 1. The van der Waals surface area contributed by atoms with E-state index in [-0.39, 0.29) is 30.2 Å². The molecule has 2 aliphatic heterocycles. The average molecular weight is 464 g/mol. The highest BCUT2D eigenvalue weighted by Crippen LogP contribution is 2.25. The van der Waals surface area contributed by atoms with Gasteiger partial charge in [0, 0.05) is 44.5 Å². The van der Waals surface area contributed by atoms with Crippen molar-refractivity contribution in [3.63, 3.8) is 0 Å². The van der Waals surface area contributed by atoms with Crippen LogP contribution in [0.1, 0.15) is 41.3 Å². The summed E-state index contributed by atoms with van der Waals surface area (Å²) in [5.74, 6) is -0.596. The van der Waals surface area contributed by atoms with Gasteiger partial charge in [-0.25, -0.2) is 0 Å². The van der Waals surface area contributed by atoms with Crippen LogP contribution in [-0.2, 0) is 27.3 Å². The lowest BCUT2D eigenvalue weighted by atomic mass is 9.97. The highest BCUT2D eigenvalue weighted by molar-refractivity contribution is 5.96. The van der Waals surface area contributed by atoms with Gasteiger partial charge in [-0.1, -0.05) is 24.3 Å². The average Bonchev–Trinajstić information content (AvgIpc) is 2.88. The molecule has 2 aromatic rings. The molecule has 0 radical (unpaired) electrons.